The summed E-state index contributed by atoms with van der Waals surface area (Å²) >= 11 is 0. The highest BCUT2D eigenvalue weighted by molar-refractivity contribution is 6.14. The normalized spacial score (nSPS) is 13.3. The number of para-hydroxylation sites is 2. The molecule has 1 heterocycles. The average molecular weight is 996 g/mol. The fourth-order valence-electron chi connectivity index (χ4n) is 13.1. The van der Waals surface area contributed by atoms with E-state index in [9.17, 15) is 0 Å². The van der Waals surface area contributed by atoms with Crippen molar-refractivity contribution in [2.45, 2.75) is 10.8 Å². The van der Waals surface area contributed by atoms with E-state index in [2.05, 4.69) is 280 Å². The fourth-order valence-corrected chi connectivity index (χ4v) is 13.1. The molecule has 0 unspecified atom stereocenters. The zero-order valence-electron chi connectivity index (χ0n) is 43.2. The SMILES string of the molecule is C=Cc1ccc(C2(c3ccc(C=C)cc3)c3ccccc3-c3ccc(N(c4ccc5c(c4)C(c4ccc(C=C)cc4)(c4ccc(C=C)cc4)c4ccccc4-5)c4cccc5c4oc4c(-c6ccccc6)cccc45)cc32)cc1. The Balaban J connectivity index is 1.08. The number of furan rings is 1. The van der Waals surface area contributed by atoms with Gasteiger partial charge < -0.3 is 9.32 Å². The number of benzene rings is 11. The van der Waals surface area contributed by atoms with Crippen LogP contribution in [0.5, 0.6) is 0 Å². The predicted octanol–water partition coefficient (Wildman–Crippen LogP) is 20.0. The first-order valence-corrected chi connectivity index (χ1v) is 26.7. The zero-order valence-corrected chi connectivity index (χ0v) is 43.2. The number of hydrogen-bond donors (Lipinski definition) is 0. The summed E-state index contributed by atoms with van der Waals surface area (Å²) in [7, 11) is 0. The van der Waals surface area contributed by atoms with Crippen molar-refractivity contribution in [3.63, 3.8) is 0 Å². The molecule has 0 radical (unpaired) electrons. The van der Waals surface area contributed by atoms with Gasteiger partial charge >= 0.3 is 0 Å². The van der Waals surface area contributed by atoms with Gasteiger partial charge in [-0.3, -0.25) is 0 Å². The van der Waals surface area contributed by atoms with Crippen molar-refractivity contribution in [3.05, 3.63) is 342 Å². The molecule has 0 N–H and O–H groups in total. The Kier molecular flexibility index (Phi) is 11.0. The van der Waals surface area contributed by atoms with Gasteiger partial charge in [0.25, 0.3) is 0 Å². The molecule has 2 nitrogen and oxygen atoms in total. The number of nitrogens with zero attached hydrogens (tertiary/aromatic N) is 1. The topological polar surface area (TPSA) is 16.4 Å². The van der Waals surface area contributed by atoms with Crippen LogP contribution in [-0.2, 0) is 10.8 Å². The van der Waals surface area contributed by atoms with E-state index in [4.69, 9.17) is 4.42 Å². The van der Waals surface area contributed by atoms with Gasteiger partial charge in [-0.15, -0.1) is 0 Å². The lowest BCUT2D eigenvalue weighted by Crippen LogP contribution is -2.29. The third-order valence-electron chi connectivity index (χ3n) is 16.7. The van der Waals surface area contributed by atoms with Gasteiger partial charge in [0.15, 0.2) is 5.58 Å². The first-order valence-electron chi connectivity index (χ1n) is 26.7. The van der Waals surface area contributed by atoms with Crippen LogP contribution in [0.15, 0.2) is 279 Å². The quantitative estimate of drug-likeness (QED) is 0.121. The average Bonchev–Trinajstić information content (AvgIpc) is 3.99. The van der Waals surface area contributed by atoms with Crippen molar-refractivity contribution in [2.24, 2.45) is 0 Å². The van der Waals surface area contributed by atoms with Crippen LogP contribution in [0.3, 0.4) is 0 Å². The largest absolute Gasteiger partial charge is 0.453 e. The van der Waals surface area contributed by atoms with Gasteiger partial charge in [0.1, 0.15) is 5.58 Å². The fraction of sp³-hybridized carbons (Fsp3) is 0.0263. The second-order valence-corrected chi connectivity index (χ2v) is 20.5. The summed E-state index contributed by atoms with van der Waals surface area (Å²) in [6.45, 7) is 16.5. The Morgan fingerprint density at radius 3 is 1.12 bits per heavy atom. The van der Waals surface area contributed by atoms with Crippen molar-refractivity contribution in [3.8, 4) is 33.4 Å². The van der Waals surface area contributed by atoms with Crippen LogP contribution >= 0.6 is 0 Å². The van der Waals surface area contributed by atoms with Crippen LogP contribution in [-0.4, -0.2) is 0 Å². The number of hydrogen-bond acceptors (Lipinski definition) is 2. The minimum Gasteiger partial charge on any atom is -0.453 e. The lowest BCUT2D eigenvalue weighted by Gasteiger charge is -2.36. The Bertz CT molecular complexity index is 4050. The van der Waals surface area contributed by atoms with E-state index in [1.54, 1.807) is 0 Å². The number of fused-ring (bicyclic) bond motifs is 9. The molecular weight excluding hydrogens is 943 g/mol. The summed E-state index contributed by atoms with van der Waals surface area (Å²) in [5, 5.41) is 2.11. The molecule has 0 aliphatic heterocycles. The van der Waals surface area contributed by atoms with Gasteiger partial charge in [-0.2, -0.15) is 0 Å². The first kappa shape index (κ1) is 46.5. The molecule has 0 saturated carbocycles. The summed E-state index contributed by atoms with van der Waals surface area (Å²) in [5.41, 5.74) is 24.0. The van der Waals surface area contributed by atoms with Gasteiger partial charge in [-0.05, 0) is 125 Å². The molecule has 0 atom stereocenters. The molecule has 0 saturated heterocycles. The molecule has 78 heavy (non-hydrogen) atoms. The van der Waals surface area contributed by atoms with Crippen molar-refractivity contribution in [2.75, 3.05) is 4.90 Å². The van der Waals surface area contributed by atoms with Crippen LogP contribution < -0.4 is 4.90 Å². The summed E-state index contributed by atoms with van der Waals surface area (Å²) in [5.74, 6) is 0. The van der Waals surface area contributed by atoms with Crippen molar-refractivity contribution < 1.29 is 4.42 Å². The van der Waals surface area contributed by atoms with Crippen molar-refractivity contribution >= 4 is 63.3 Å². The summed E-state index contributed by atoms with van der Waals surface area (Å²) in [4.78, 5) is 2.44. The molecule has 2 aliphatic rings. The molecular formula is C76H53NO. The van der Waals surface area contributed by atoms with Crippen LogP contribution in [0, 0.1) is 0 Å². The van der Waals surface area contributed by atoms with Crippen LogP contribution in [0.4, 0.5) is 17.1 Å². The molecule has 368 valence electrons. The standard InChI is InChI=1S/C76H53NO/c1-5-50-28-36-55(37-29-50)75(56-38-30-51(6-2)31-39-56)68-25-14-12-20-62(68)64-46-44-59(48-70(64)75)77(72-27-17-24-67-66-23-16-22-61(73(66)78-74(67)72)54-18-10-9-11-19-54)60-45-47-65-63-21-13-15-26-69(63)76(71(65)49-60,57-40-32-52(7-3)33-41-57)58-42-34-53(8-4)35-43-58/h5-49H,1-4H2. The zero-order chi connectivity index (χ0) is 52.5. The third-order valence-corrected chi connectivity index (χ3v) is 16.7. The van der Waals surface area contributed by atoms with E-state index in [0.29, 0.717) is 0 Å². The molecule has 1 aromatic heterocycles. The van der Waals surface area contributed by atoms with Gasteiger partial charge in [-0.25, -0.2) is 0 Å². The summed E-state index contributed by atoms with van der Waals surface area (Å²) in [6.07, 6.45) is 7.67. The number of rotatable bonds is 12. The minimum absolute atomic E-state index is 0.688. The minimum atomic E-state index is -0.688. The van der Waals surface area contributed by atoms with E-state index < -0.39 is 10.8 Å². The molecule has 12 aromatic rings. The van der Waals surface area contributed by atoms with E-state index in [0.717, 1.165) is 72.4 Å². The Morgan fingerprint density at radius 2 is 0.679 bits per heavy atom. The first-order chi connectivity index (χ1) is 38.5. The van der Waals surface area contributed by atoms with E-state index in [-0.39, 0.29) is 0 Å². The summed E-state index contributed by atoms with van der Waals surface area (Å²) < 4.78 is 7.35. The second kappa shape index (κ2) is 18.4. The monoisotopic (exact) mass is 995 g/mol. The van der Waals surface area contributed by atoms with E-state index in [1.165, 1.54) is 66.8 Å². The molecule has 2 heteroatoms. The lowest BCUT2D eigenvalue weighted by molar-refractivity contribution is 0.670. The van der Waals surface area contributed by atoms with Crippen LogP contribution in [0.2, 0.25) is 0 Å². The van der Waals surface area contributed by atoms with Crippen LogP contribution in [0.1, 0.15) is 66.8 Å². The maximum atomic E-state index is 7.35. The Labute approximate surface area is 456 Å². The van der Waals surface area contributed by atoms with Crippen molar-refractivity contribution in [1.29, 1.82) is 0 Å². The highest BCUT2D eigenvalue weighted by Crippen LogP contribution is 2.60. The highest BCUT2D eigenvalue weighted by atomic mass is 16.3. The van der Waals surface area contributed by atoms with Gasteiger partial charge in [-0.1, -0.05) is 269 Å². The Hall–Kier alpha value is -10.0. The molecule has 14 rings (SSSR count). The smallest absolute Gasteiger partial charge is 0.159 e. The molecule has 0 spiro atoms. The second-order valence-electron chi connectivity index (χ2n) is 20.5. The maximum absolute atomic E-state index is 7.35. The van der Waals surface area contributed by atoms with Crippen molar-refractivity contribution in [1.82, 2.24) is 0 Å². The highest BCUT2D eigenvalue weighted by Gasteiger charge is 2.48. The van der Waals surface area contributed by atoms with E-state index in [1.807, 2.05) is 24.3 Å². The predicted molar refractivity (Wildman–Crippen MR) is 329 cm³/mol. The van der Waals surface area contributed by atoms with Gasteiger partial charge in [0.2, 0.25) is 0 Å². The maximum Gasteiger partial charge on any atom is 0.159 e. The van der Waals surface area contributed by atoms with E-state index >= 15 is 0 Å². The number of anilines is 3. The molecule has 11 aromatic carbocycles. The van der Waals surface area contributed by atoms with Gasteiger partial charge in [0.05, 0.1) is 16.5 Å². The van der Waals surface area contributed by atoms with Gasteiger partial charge in [0, 0.05) is 27.7 Å². The molecule has 2 aliphatic carbocycles. The summed E-state index contributed by atoms with van der Waals surface area (Å²) in [6, 6.07) is 91.6. The van der Waals surface area contributed by atoms with Crippen LogP contribution in [0.25, 0.3) is 79.6 Å². The lowest BCUT2D eigenvalue weighted by atomic mass is 9.67. The molecule has 0 bridgehead atoms. The molecule has 0 amide bonds. The third kappa shape index (κ3) is 6.83. The Morgan fingerprint density at radius 1 is 0.308 bits per heavy atom. The molecule has 0 fully saturated rings.